The number of thiophene rings is 1. The maximum atomic E-state index is 6.20. The largest absolute Gasteiger partial charge is 0.459 e. The van der Waals surface area contributed by atoms with Gasteiger partial charge in [-0.3, -0.25) is 0 Å². The molecule has 1 aromatic carbocycles. The standard InChI is InChI=1S/C22H17N5OS/c1-2-4-15(5-3-1)18-12-16-8-10-26(13-19(16)28-18)21-7-6-20-23-24-22(27(20)25-21)17-9-11-29-14-17/h1-7,9,11-12,14H,8,10,13H2. The van der Waals surface area contributed by atoms with E-state index >= 15 is 0 Å². The Kier molecular flexibility index (Phi) is 3.73. The molecule has 1 aliphatic heterocycles. The summed E-state index contributed by atoms with van der Waals surface area (Å²) in [5, 5.41) is 17.5. The average molecular weight is 399 g/mol. The van der Waals surface area contributed by atoms with Crippen molar-refractivity contribution < 1.29 is 4.42 Å². The van der Waals surface area contributed by atoms with Gasteiger partial charge in [-0.15, -0.1) is 15.3 Å². The van der Waals surface area contributed by atoms with E-state index in [2.05, 4.69) is 38.7 Å². The van der Waals surface area contributed by atoms with Crippen molar-refractivity contribution in [2.45, 2.75) is 13.0 Å². The van der Waals surface area contributed by atoms with E-state index in [9.17, 15) is 0 Å². The fourth-order valence-corrected chi connectivity index (χ4v) is 4.41. The van der Waals surface area contributed by atoms with Crippen LogP contribution in [0.4, 0.5) is 5.82 Å². The van der Waals surface area contributed by atoms with Gasteiger partial charge in [0, 0.05) is 23.1 Å². The average Bonchev–Trinajstić information content (AvgIpc) is 3.51. The van der Waals surface area contributed by atoms with Gasteiger partial charge in [-0.05, 0) is 41.6 Å². The van der Waals surface area contributed by atoms with E-state index in [1.807, 2.05) is 46.3 Å². The third-order valence-electron chi connectivity index (χ3n) is 5.29. The second-order valence-corrected chi connectivity index (χ2v) is 7.87. The molecule has 4 aromatic heterocycles. The summed E-state index contributed by atoms with van der Waals surface area (Å²) >= 11 is 1.64. The van der Waals surface area contributed by atoms with Gasteiger partial charge in [0.15, 0.2) is 11.5 Å². The highest BCUT2D eigenvalue weighted by Crippen LogP contribution is 2.31. The van der Waals surface area contributed by atoms with Crippen molar-refractivity contribution >= 4 is 22.8 Å². The minimum Gasteiger partial charge on any atom is -0.459 e. The molecule has 0 N–H and O–H groups in total. The lowest BCUT2D eigenvalue weighted by atomic mass is 10.1. The predicted octanol–water partition coefficient (Wildman–Crippen LogP) is 4.68. The lowest BCUT2D eigenvalue weighted by molar-refractivity contribution is 0.494. The van der Waals surface area contributed by atoms with E-state index in [0.717, 1.165) is 52.9 Å². The van der Waals surface area contributed by atoms with Crippen molar-refractivity contribution in [3.63, 3.8) is 0 Å². The van der Waals surface area contributed by atoms with Gasteiger partial charge in [0.1, 0.15) is 17.3 Å². The summed E-state index contributed by atoms with van der Waals surface area (Å²) in [7, 11) is 0. The van der Waals surface area contributed by atoms with Crippen LogP contribution in [0, 0.1) is 0 Å². The molecule has 142 valence electrons. The van der Waals surface area contributed by atoms with Gasteiger partial charge in [0.05, 0.1) is 6.54 Å². The number of anilines is 1. The smallest absolute Gasteiger partial charge is 0.186 e. The molecule has 0 aliphatic carbocycles. The first-order valence-electron chi connectivity index (χ1n) is 9.52. The molecule has 1 aliphatic rings. The first-order valence-corrected chi connectivity index (χ1v) is 10.5. The molecule has 29 heavy (non-hydrogen) atoms. The fraction of sp³-hybridized carbons (Fsp3) is 0.136. The summed E-state index contributed by atoms with van der Waals surface area (Å²) in [5.74, 6) is 3.61. The molecule has 0 atom stereocenters. The normalized spacial score (nSPS) is 13.7. The van der Waals surface area contributed by atoms with Gasteiger partial charge >= 0.3 is 0 Å². The molecule has 0 amide bonds. The molecule has 5 heterocycles. The second kappa shape index (κ2) is 6.56. The molecule has 6 nitrogen and oxygen atoms in total. The monoisotopic (exact) mass is 399 g/mol. The fourth-order valence-electron chi connectivity index (χ4n) is 3.78. The van der Waals surface area contributed by atoms with Crippen LogP contribution in [0.15, 0.2) is 69.8 Å². The molecular formula is C22H17N5OS. The minimum atomic E-state index is 0.705. The van der Waals surface area contributed by atoms with Gasteiger partial charge in [-0.2, -0.15) is 15.9 Å². The van der Waals surface area contributed by atoms with E-state index < -0.39 is 0 Å². The Hall–Kier alpha value is -3.45. The van der Waals surface area contributed by atoms with Gasteiger partial charge in [0.25, 0.3) is 0 Å². The van der Waals surface area contributed by atoms with E-state index in [1.165, 1.54) is 5.56 Å². The highest BCUT2D eigenvalue weighted by Gasteiger charge is 2.23. The zero-order valence-electron chi connectivity index (χ0n) is 15.5. The quantitative estimate of drug-likeness (QED) is 0.441. The number of hydrogen-bond acceptors (Lipinski definition) is 6. The molecule has 0 bridgehead atoms. The van der Waals surface area contributed by atoms with Crippen LogP contribution in [0.5, 0.6) is 0 Å². The Morgan fingerprint density at radius 2 is 1.90 bits per heavy atom. The van der Waals surface area contributed by atoms with Gasteiger partial charge in [0.2, 0.25) is 0 Å². The molecule has 5 aromatic rings. The van der Waals surface area contributed by atoms with Crippen LogP contribution >= 0.6 is 11.3 Å². The number of benzene rings is 1. The SMILES string of the molecule is c1ccc(-c2cc3c(o2)CN(c2ccc4nnc(-c5ccsc5)n4n2)CC3)cc1. The van der Waals surface area contributed by atoms with Crippen LogP contribution in [0.3, 0.4) is 0 Å². The van der Waals surface area contributed by atoms with E-state index in [4.69, 9.17) is 9.52 Å². The third-order valence-corrected chi connectivity index (χ3v) is 5.98. The summed E-state index contributed by atoms with van der Waals surface area (Å²) in [6.45, 7) is 1.60. The third kappa shape index (κ3) is 2.82. The van der Waals surface area contributed by atoms with Gasteiger partial charge < -0.3 is 9.32 Å². The highest BCUT2D eigenvalue weighted by atomic mass is 32.1. The summed E-state index contributed by atoms with van der Waals surface area (Å²) in [4.78, 5) is 2.25. The van der Waals surface area contributed by atoms with Gasteiger partial charge in [-0.1, -0.05) is 30.3 Å². The van der Waals surface area contributed by atoms with Crippen molar-refractivity contribution in [3.8, 4) is 22.7 Å². The van der Waals surface area contributed by atoms with Gasteiger partial charge in [-0.25, -0.2) is 0 Å². The first-order chi connectivity index (χ1) is 14.3. The Morgan fingerprint density at radius 1 is 0.966 bits per heavy atom. The molecule has 0 spiro atoms. The Bertz CT molecular complexity index is 1290. The number of nitrogens with zero attached hydrogens (tertiary/aromatic N) is 5. The predicted molar refractivity (Wildman–Crippen MR) is 113 cm³/mol. The van der Waals surface area contributed by atoms with Crippen molar-refractivity contribution in [2.75, 3.05) is 11.4 Å². The lowest BCUT2D eigenvalue weighted by Gasteiger charge is -2.26. The van der Waals surface area contributed by atoms with Crippen molar-refractivity contribution in [1.82, 2.24) is 19.8 Å². The molecule has 6 rings (SSSR count). The Balaban J connectivity index is 1.34. The van der Waals surface area contributed by atoms with Crippen molar-refractivity contribution in [1.29, 1.82) is 0 Å². The summed E-state index contributed by atoms with van der Waals surface area (Å²) < 4.78 is 8.02. The number of aromatic nitrogens is 4. The molecule has 0 saturated heterocycles. The molecule has 0 saturated carbocycles. The molecule has 7 heteroatoms. The summed E-state index contributed by atoms with van der Waals surface area (Å²) in [6.07, 6.45) is 0.935. The first kappa shape index (κ1) is 16.5. The molecular weight excluding hydrogens is 382 g/mol. The number of hydrogen-bond donors (Lipinski definition) is 0. The van der Waals surface area contributed by atoms with E-state index in [1.54, 1.807) is 11.3 Å². The van der Waals surface area contributed by atoms with Crippen molar-refractivity contribution in [2.24, 2.45) is 0 Å². The van der Waals surface area contributed by atoms with E-state index in [-0.39, 0.29) is 0 Å². The van der Waals surface area contributed by atoms with Crippen molar-refractivity contribution in [3.05, 3.63) is 76.7 Å². The Morgan fingerprint density at radius 3 is 2.76 bits per heavy atom. The Labute approximate surface area is 171 Å². The minimum absolute atomic E-state index is 0.705. The molecule has 0 fully saturated rings. The highest BCUT2D eigenvalue weighted by molar-refractivity contribution is 7.08. The lowest BCUT2D eigenvalue weighted by Crippen LogP contribution is -2.30. The molecule has 0 unspecified atom stereocenters. The van der Waals surface area contributed by atoms with Crippen LogP contribution < -0.4 is 4.90 Å². The zero-order chi connectivity index (χ0) is 19.2. The summed E-state index contributed by atoms with van der Waals surface area (Å²) in [5.41, 5.74) is 4.17. The number of furan rings is 1. The topological polar surface area (TPSA) is 59.5 Å². The van der Waals surface area contributed by atoms with Crippen LogP contribution in [-0.4, -0.2) is 26.4 Å². The van der Waals surface area contributed by atoms with Crippen LogP contribution in [0.2, 0.25) is 0 Å². The maximum absolute atomic E-state index is 6.20. The summed E-state index contributed by atoms with van der Waals surface area (Å²) in [6, 6.07) is 18.4. The second-order valence-electron chi connectivity index (χ2n) is 7.09. The zero-order valence-corrected chi connectivity index (χ0v) is 16.3. The van der Waals surface area contributed by atoms with Crippen LogP contribution in [0.1, 0.15) is 11.3 Å². The number of rotatable bonds is 3. The van der Waals surface area contributed by atoms with E-state index in [0.29, 0.717) is 6.54 Å². The van der Waals surface area contributed by atoms with Crippen LogP contribution in [-0.2, 0) is 13.0 Å². The number of fused-ring (bicyclic) bond motifs is 2. The van der Waals surface area contributed by atoms with Crippen LogP contribution in [0.25, 0.3) is 28.4 Å². The maximum Gasteiger partial charge on any atom is 0.186 e. The molecule has 0 radical (unpaired) electrons.